The predicted molar refractivity (Wildman–Crippen MR) is 71.3 cm³/mol. The number of nitrogens with one attached hydrogen (secondary N) is 2. The molecule has 0 aromatic rings. The van der Waals surface area contributed by atoms with Crippen molar-refractivity contribution in [3.05, 3.63) is 12.2 Å². The Bertz CT molecular complexity index is 394. The normalized spacial score (nSPS) is 19.1. The summed E-state index contributed by atoms with van der Waals surface area (Å²) in [5.41, 5.74) is 0. The molecule has 0 radical (unpaired) electrons. The second kappa shape index (κ2) is 8.19. The Balaban J connectivity index is 2.31. The summed E-state index contributed by atoms with van der Waals surface area (Å²) in [7, 11) is 0. The van der Waals surface area contributed by atoms with E-state index >= 15 is 0 Å². The zero-order chi connectivity index (χ0) is 15.0. The first-order valence-electron chi connectivity index (χ1n) is 6.63. The van der Waals surface area contributed by atoms with Crippen molar-refractivity contribution >= 4 is 18.0 Å². The van der Waals surface area contributed by atoms with Gasteiger partial charge in [0, 0.05) is 13.0 Å². The Morgan fingerprint density at radius 1 is 1.25 bits per heavy atom. The number of hydrogen-bond acceptors (Lipinski definition) is 3. The molecule has 2 atom stereocenters. The molecule has 0 fully saturated rings. The van der Waals surface area contributed by atoms with E-state index < -0.39 is 24.0 Å². The molecule has 2 amide bonds. The van der Waals surface area contributed by atoms with Crippen LogP contribution in [0.15, 0.2) is 12.2 Å². The summed E-state index contributed by atoms with van der Waals surface area (Å²) < 4.78 is 0. The van der Waals surface area contributed by atoms with Crippen LogP contribution in [0.4, 0.5) is 4.79 Å². The average molecular weight is 284 g/mol. The molecule has 0 aliphatic heterocycles. The highest BCUT2D eigenvalue weighted by Gasteiger charge is 2.21. The van der Waals surface area contributed by atoms with Crippen LogP contribution in [-0.2, 0) is 9.59 Å². The molecule has 1 aliphatic rings. The van der Waals surface area contributed by atoms with Crippen molar-refractivity contribution in [2.45, 2.75) is 38.1 Å². The van der Waals surface area contributed by atoms with E-state index in [4.69, 9.17) is 10.2 Å². The van der Waals surface area contributed by atoms with Crippen molar-refractivity contribution in [1.82, 2.24) is 10.6 Å². The van der Waals surface area contributed by atoms with E-state index in [-0.39, 0.29) is 12.8 Å². The minimum atomic E-state index is -1.23. The van der Waals surface area contributed by atoms with Gasteiger partial charge in [-0.3, -0.25) is 4.79 Å². The number of carboxylic acid groups (broad SMARTS) is 2. The molecule has 0 bridgehead atoms. The molecule has 0 aromatic heterocycles. The van der Waals surface area contributed by atoms with Crippen LogP contribution in [0.25, 0.3) is 0 Å². The second-order valence-corrected chi connectivity index (χ2v) is 4.83. The van der Waals surface area contributed by atoms with E-state index in [1.165, 1.54) is 0 Å². The van der Waals surface area contributed by atoms with Crippen molar-refractivity contribution in [3.63, 3.8) is 0 Å². The summed E-state index contributed by atoms with van der Waals surface area (Å²) in [6, 6.07) is -1.75. The molecular weight excluding hydrogens is 264 g/mol. The molecule has 4 N–H and O–H groups in total. The first-order valence-corrected chi connectivity index (χ1v) is 6.63. The molecule has 0 aromatic carbocycles. The second-order valence-electron chi connectivity index (χ2n) is 4.83. The SMILES string of the molecule is O=C(O)CC[C@H](NC(=O)NCC1CC=CCC1)C(=O)O. The molecule has 112 valence electrons. The van der Waals surface area contributed by atoms with Gasteiger partial charge in [-0.1, -0.05) is 12.2 Å². The molecule has 0 saturated carbocycles. The average Bonchev–Trinajstić information content (AvgIpc) is 2.41. The van der Waals surface area contributed by atoms with Gasteiger partial charge < -0.3 is 20.8 Å². The topological polar surface area (TPSA) is 116 Å². The van der Waals surface area contributed by atoms with Crippen LogP contribution in [0.2, 0.25) is 0 Å². The van der Waals surface area contributed by atoms with Gasteiger partial charge in [0.25, 0.3) is 0 Å². The van der Waals surface area contributed by atoms with Gasteiger partial charge >= 0.3 is 18.0 Å². The number of carboxylic acids is 2. The summed E-state index contributed by atoms with van der Waals surface area (Å²) >= 11 is 0. The van der Waals surface area contributed by atoms with E-state index in [1.54, 1.807) is 0 Å². The number of carbonyl (C=O) groups is 3. The van der Waals surface area contributed by atoms with Crippen molar-refractivity contribution in [1.29, 1.82) is 0 Å². The third-order valence-electron chi connectivity index (χ3n) is 3.18. The predicted octanol–water partition coefficient (Wildman–Crippen LogP) is 0.960. The number of urea groups is 1. The van der Waals surface area contributed by atoms with Crippen LogP contribution < -0.4 is 10.6 Å². The summed E-state index contributed by atoms with van der Waals surface area (Å²) in [5.74, 6) is -1.96. The van der Waals surface area contributed by atoms with Crippen LogP contribution in [0, 0.1) is 5.92 Å². The van der Waals surface area contributed by atoms with Crippen LogP contribution >= 0.6 is 0 Å². The highest BCUT2D eigenvalue weighted by Crippen LogP contribution is 2.16. The Morgan fingerprint density at radius 3 is 2.55 bits per heavy atom. The van der Waals surface area contributed by atoms with Crippen LogP contribution in [0.5, 0.6) is 0 Å². The Morgan fingerprint density at radius 2 is 2.00 bits per heavy atom. The lowest BCUT2D eigenvalue weighted by Crippen LogP contribution is -2.47. The number of aliphatic carboxylic acids is 2. The molecule has 7 nitrogen and oxygen atoms in total. The largest absolute Gasteiger partial charge is 0.481 e. The Hall–Kier alpha value is -2.05. The third kappa shape index (κ3) is 6.21. The summed E-state index contributed by atoms with van der Waals surface area (Å²) in [6.45, 7) is 0.488. The van der Waals surface area contributed by atoms with Crippen molar-refractivity contribution in [2.24, 2.45) is 5.92 Å². The highest BCUT2D eigenvalue weighted by molar-refractivity contribution is 5.82. The van der Waals surface area contributed by atoms with Gasteiger partial charge in [-0.25, -0.2) is 9.59 Å². The number of carbonyl (C=O) groups excluding carboxylic acids is 1. The van der Waals surface area contributed by atoms with E-state index in [0.29, 0.717) is 12.5 Å². The fourth-order valence-corrected chi connectivity index (χ4v) is 2.01. The van der Waals surface area contributed by atoms with Gasteiger partial charge in [0.1, 0.15) is 6.04 Å². The summed E-state index contributed by atoms with van der Waals surface area (Å²) in [4.78, 5) is 32.9. The first-order chi connectivity index (χ1) is 9.49. The molecule has 0 heterocycles. The molecule has 1 aliphatic carbocycles. The third-order valence-corrected chi connectivity index (χ3v) is 3.18. The molecule has 20 heavy (non-hydrogen) atoms. The quantitative estimate of drug-likeness (QED) is 0.520. The van der Waals surface area contributed by atoms with Gasteiger partial charge in [0.15, 0.2) is 0 Å². The number of hydrogen-bond donors (Lipinski definition) is 4. The molecular formula is C13H20N2O5. The minimum absolute atomic E-state index is 0.135. The van der Waals surface area contributed by atoms with Crippen molar-refractivity contribution in [2.75, 3.05) is 6.54 Å². The lowest BCUT2D eigenvalue weighted by molar-refractivity contribution is -0.140. The van der Waals surface area contributed by atoms with Crippen LogP contribution in [0.3, 0.4) is 0 Å². The number of amides is 2. The van der Waals surface area contributed by atoms with Gasteiger partial charge in [-0.2, -0.15) is 0 Å². The van der Waals surface area contributed by atoms with Crippen LogP contribution in [0.1, 0.15) is 32.1 Å². The molecule has 0 spiro atoms. The lowest BCUT2D eigenvalue weighted by atomic mass is 9.94. The first kappa shape index (κ1) is 16.0. The maximum Gasteiger partial charge on any atom is 0.326 e. The monoisotopic (exact) mass is 284 g/mol. The fraction of sp³-hybridized carbons (Fsp3) is 0.615. The summed E-state index contributed by atoms with van der Waals surface area (Å²) in [6.07, 6.45) is 6.63. The van der Waals surface area contributed by atoms with E-state index in [0.717, 1.165) is 19.3 Å². The Kier molecular flexibility index (Phi) is 6.55. The van der Waals surface area contributed by atoms with Gasteiger partial charge in [-0.15, -0.1) is 0 Å². The van der Waals surface area contributed by atoms with Gasteiger partial charge in [-0.05, 0) is 31.6 Å². The van der Waals surface area contributed by atoms with E-state index in [9.17, 15) is 14.4 Å². The molecule has 7 heteroatoms. The molecule has 1 rings (SSSR count). The molecule has 0 saturated heterocycles. The number of allylic oxidation sites excluding steroid dienone is 2. The lowest BCUT2D eigenvalue weighted by Gasteiger charge is -2.19. The Labute approximate surface area is 117 Å². The number of rotatable bonds is 7. The smallest absolute Gasteiger partial charge is 0.326 e. The van der Waals surface area contributed by atoms with E-state index in [1.807, 2.05) is 0 Å². The summed E-state index contributed by atoms with van der Waals surface area (Å²) in [5, 5.41) is 22.3. The maximum absolute atomic E-state index is 11.6. The van der Waals surface area contributed by atoms with Crippen molar-refractivity contribution in [3.8, 4) is 0 Å². The van der Waals surface area contributed by atoms with Crippen LogP contribution in [-0.4, -0.2) is 40.8 Å². The maximum atomic E-state index is 11.6. The molecule has 1 unspecified atom stereocenters. The standard InChI is InChI=1S/C13H20N2O5/c16-11(17)7-6-10(12(18)19)15-13(20)14-8-9-4-2-1-3-5-9/h1-2,9-10H,3-8H2,(H,16,17)(H,18,19)(H2,14,15,20)/t9?,10-/m0/s1. The van der Waals surface area contributed by atoms with Gasteiger partial charge in [0.2, 0.25) is 0 Å². The fourth-order valence-electron chi connectivity index (χ4n) is 2.01. The van der Waals surface area contributed by atoms with E-state index in [2.05, 4.69) is 22.8 Å². The highest BCUT2D eigenvalue weighted by atomic mass is 16.4. The van der Waals surface area contributed by atoms with Gasteiger partial charge in [0.05, 0.1) is 0 Å². The zero-order valence-corrected chi connectivity index (χ0v) is 11.2. The van der Waals surface area contributed by atoms with Crippen molar-refractivity contribution < 1.29 is 24.6 Å². The zero-order valence-electron chi connectivity index (χ0n) is 11.2. The minimum Gasteiger partial charge on any atom is -0.481 e.